The molecule has 23 heavy (non-hydrogen) atoms. The van der Waals surface area contributed by atoms with Crippen LogP contribution >= 0.6 is 0 Å². The van der Waals surface area contributed by atoms with Gasteiger partial charge in [-0.2, -0.15) is 0 Å². The van der Waals surface area contributed by atoms with E-state index < -0.39 is 0 Å². The van der Waals surface area contributed by atoms with Crippen LogP contribution in [0.4, 0.5) is 0 Å². The summed E-state index contributed by atoms with van der Waals surface area (Å²) in [4.78, 5) is 8.30. The van der Waals surface area contributed by atoms with Crippen LogP contribution in [0.15, 0.2) is 73.3 Å². The van der Waals surface area contributed by atoms with Crippen molar-refractivity contribution in [1.82, 2.24) is 9.97 Å². The van der Waals surface area contributed by atoms with Gasteiger partial charge in [-0.05, 0) is 35.0 Å². The molecule has 0 aliphatic rings. The van der Waals surface area contributed by atoms with Gasteiger partial charge < -0.3 is 9.47 Å². The quantitative estimate of drug-likeness (QED) is 0.530. The van der Waals surface area contributed by atoms with E-state index in [1.54, 1.807) is 24.8 Å². The number of fused-ring (bicyclic) bond motifs is 2. The average molecular weight is 302 g/mol. The first-order chi connectivity index (χ1) is 11.4. The number of pyridine rings is 2. The zero-order chi connectivity index (χ0) is 15.5. The van der Waals surface area contributed by atoms with Crippen LogP contribution < -0.4 is 9.47 Å². The van der Waals surface area contributed by atoms with Gasteiger partial charge in [0.15, 0.2) is 0 Å². The molecule has 0 atom stereocenters. The number of hydrogen-bond acceptors (Lipinski definition) is 4. The summed E-state index contributed by atoms with van der Waals surface area (Å²) in [5.41, 5.74) is 0. The lowest BCUT2D eigenvalue weighted by atomic mass is 10.1. The molecule has 0 aliphatic carbocycles. The zero-order valence-corrected chi connectivity index (χ0v) is 12.3. The third kappa shape index (κ3) is 2.66. The van der Waals surface area contributed by atoms with Crippen LogP contribution in [0.3, 0.4) is 0 Å². The van der Waals surface area contributed by atoms with E-state index in [0.717, 1.165) is 33.0 Å². The van der Waals surface area contributed by atoms with Crippen molar-refractivity contribution in [2.75, 3.05) is 6.79 Å². The van der Waals surface area contributed by atoms with Crippen molar-refractivity contribution in [2.45, 2.75) is 0 Å². The van der Waals surface area contributed by atoms with Crippen molar-refractivity contribution < 1.29 is 9.47 Å². The third-order valence-electron chi connectivity index (χ3n) is 3.72. The molecule has 4 heteroatoms. The molecule has 2 aromatic carbocycles. The van der Waals surface area contributed by atoms with E-state index >= 15 is 0 Å². The Morgan fingerprint density at radius 3 is 1.70 bits per heavy atom. The molecule has 0 spiro atoms. The summed E-state index contributed by atoms with van der Waals surface area (Å²) >= 11 is 0. The minimum atomic E-state index is 0.127. The first-order valence-electron chi connectivity index (χ1n) is 7.33. The molecule has 4 rings (SSSR count). The Kier molecular flexibility index (Phi) is 3.48. The Bertz CT molecular complexity index is 879. The lowest BCUT2D eigenvalue weighted by Crippen LogP contribution is -2.06. The maximum Gasteiger partial charge on any atom is 0.230 e. The van der Waals surface area contributed by atoms with Gasteiger partial charge in [0.05, 0.1) is 0 Å². The van der Waals surface area contributed by atoms with E-state index in [1.165, 1.54) is 0 Å². The fraction of sp³-hybridized carbons (Fsp3) is 0.0526. The van der Waals surface area contributed by atoms with Crippen LogP contribution in [-0.4, -0.2) is 16.8 Å². The second kappa shape index (κ2) is 5.93. The van der Waals surface area contributed by atoms with Gasteiger partial charge in [-0.25, -0.2) is 0 Å². The van der Waals surface area contributed by atoms with Crippen LogP contribution in [0, 0.1) is 0 Å². The van der Waals surface area contributed by atoms with Crippen LogP contribution in [-0.2, 0) is 0 Å². The van der Waals surface area contributed by atoms with E-state index in [2.05, 4.69) is 9.97 Å². The van der Waals surface area contributed by atoms with E-state index in [9.17, 15) is 0 Å². The van der Waals surface area contributed by atoms with Crippen molar-refractivity contribution in [3.63, 3.8) is 0 Å². The molecule has 0 bridgehead atoms. The zero-order valence-electron chi connectivity index (χ0n) is 12.3. The Morgan fingerprint density at radius 1 is 0.652 bits per heavy atom. The minimum absolute atomic E-state index is 0.127. The minimum Gasteiger partial charge on any atom is -0.457 e. The molecule has 4 aromatic rings. The summed E-state index contributed by atoms with van der Waals surface area (Å²) < 4.78 is 11.6. The molecule has 0 fully saturated rings. The van der Waals surface area contributed by atoms with Gasteiger partial charge in [0.1, 0.15) is 11.5 Å². The average Bonchev–Trinajstić information content (AvgIpc) is 2.62. The van der Waals surface area contributed by atoms with Crippen molar-refractivity contribution in [3.05, 3.63) is 73.3 Å². The lowest BCUT2D eigenvalue weighted by Gasteiger charge is -2.11. The van der Waals surface area contributed by atoms with Crippen LogP contribution in [0.25, 0.3) is 21.5 Å². The molecule has 0 saturated heterocycles. The summed E-state index contributed by atoms with van der Waals surface area (Å²) in [5.74, 6) is 1.52. The number of nitrogens with zero attached hydrogens (tertiary/aromatic N) is 2. The van der Waals surface area contributed by atoms with Gasteiger partial charge in [0.25, 0.3) is 0 Å². The fourth-order valence-corrected chi connectivity index (χ4v) is 2.58. The Hall–Kier alpha value is -3.14. The molecule has 0 saturated carbocycles. The number of ether oxygens (including phenoxy) is 2. The van der Waals surface area contributed by atoms with E-state index in [4.69, 9.17) is 9.47 Å². The third-order valence-corrected chi connectivity index (χ3v) is 3.72. The summed E-state index contributed by atoms with van der Waals surface area (Å²) in [6.45, 7) is 0.127. The Morgan fingerprint density at radius 2 is 1.17 bits per heavy atom. The molecule has 0 aliphatic heterocycles. The van der Waals surface area contributed by atoms with Crippen molar-refractivity contribution in [1.29, 1.82) is 0 Å². The van der Waals surface area contributed by atoms with Gasteiger partial charge in [-0.15, -0.1) is 0 Å². The maximum absolute atomic E-state index is 5.79. The molecular formula is C19H14N2O2. The van der Waals surface area contributed by atoms with Gasteiger partial charge in [-0.3, -0.25) is 9.97 Å². The molecule has 0 unspecified atom stereocenters. The molecule has 0 N–H and O–H groups in total. The Labute approximate surface area is 133 Å². The summed E-state index contributed by atoms with van der Waals surface area (Å²) in [5, 5.41) is 4.12. The van der Waals surface area contributed by atoms with E-state index in [0.29, 0.717) is 0 Å². The summed E-state index contributed by atoms with van der Waals surface area (Å²) in [7, 11) is 0. The SMILES string of the molecule is c1cc(OCOc2cccc3ccncc23)c2cnccc2c1. The van der Waals surface area contributed by atoms with Crippen molar-refractivity contribution in [3.8, 4) is 11.5 Å². The molecule has 0 radical (unpaired) electrons. The fourth-order valence-electron chi connectivity index (χ4n) is 2.58. The maximum atomic E-state index is 5.79. The number of aromatic nitrogens is 2. The topological polar surface area (TPSA) is 44.2 Å². The molecule has 0 amide bonds. The predicted octanol–water partition coefficient (Wildman–Crippen LogP) is 4.20. The molecule has 4 nitrogen and oxygen atoms in total. The monoisotopic (exact) mass is 302 g/mol. The van der Waals surface area contributed by atoms with E-state index in [1.807, 2.05) is 48.5 Å². The normalized spacial score (nSPS) is 10.8. The molecule has 112 valence electrons. The first kappa shape index (κ1) is 13.5. The van der Waals surface area contributed by atoms with Gasteiger partial charge in [-0.1, -0.05) is 24.3 Å². The summed E-state index contributed by atoms with van der Waals surface area (Å²) in [6.07, 6.45) is 7.14. The highest BCUT2D eigenvalue weighted by Crippen LogP contribution is 2.26. The smallest absolute Gasteiger partial charge is 0.230 e. The predicted molar refractivity (Wildman–Crippen MR) is 89.6 cm³/mol. The largest absolute Gasteiger partial charge is 0.457 e. The lowest BCUT2D eigenvalue weighted by molar-refractivity contribution is 0.123. The molecule has 2 heterocycles. The first-order valence-corrected chi connectivity index (χ1v) is 7.33. The molecular weight excluding hydrogens is 288 g/mol. The second-order valence-corrected chi connectivity index (χ2v) is 5.11. The van der Waals surface area contributed by atoms with Gasteiger partial charge >= 0.3 is 0 Å². The van der Waals surface area contributed by atoms with Crippen LogP contribution in [0.2, 0.25) is 0 Å². The highest BCUT2D eigenvalue weighted by atomic mass is 16.7. The van der Waals surface area contributed by atoms with Crippen LogP contribution in [0.1, 0.15) is 0 Å². The van der Waals surface area contributed by atoms with Crippen LogP contribution in [0.5, 0.6) is 11.5 Å². The number of benzene rings is 2. The number of hydrogen-bond donors (Lipinski definition) is 0. The highest BCUT2D eigenvalue weighted by Gasteiger charge is 2.04. The second-order valence-electron chi connectivity index (χ2n) is 5.11. The van der Waals surface area contributed by atoms with Crippen molar-refractivity contribution >= 4 is 21.5 Å². The highest BCUT2D eigenvalue weighted by molar-refractivity contribution is 5.88. The summed E-state index contributed by atoms with van der Waals surface area (Å²) in [6, 6.07) is 15.7. The number of rotatable bonds is 4. The Balaban J connectivity index is 1.55. The van der Waals surface area contributed by atoms with Crippen molar-refractivity contribution in [2.24, 2.45) is 0 Å². The van der Waals surface area contributed by atoms with Gasteiger partial charge in [0.2, 0.25) is 6.79 Å². The van der Waals surface area contributed by atoms with E-state index in [-0.39, 0.29) is 6.79 Å². The molecule has 2 aromatic heterocycles. The van der Waals surface area contributed by atoms with Gasteiger partial charge in [0, 0.05) is 35.6 Å². The standard InChI is InChI=1S/C19H14N2O2/c1-3-14-7-9-20-11-16(14)18(5-1)22-13-23-19-6-2-4-15-8-10-21-12-17(15)19/h1-12H,13H2.